The second-order valence-electron chi connectivity index (χ2n) is 23.0. The fourth-order valence-electron chi connectivity index (χ4n) is 13.1. The van der Waals surface area contributed by atoms with Crippen molar-refractivity contribution in [1.29, 1.82) is 0 Å². The van der Waals surface area contributed by atoms with Crippen molar-refractivity contribution >= 4 is 61.8 Å². The summed E-state index contributed by atoms with van der Waals surface area (Å²) in [7, 11) is 5.31. The second-order valence-corrected chi connectivity index (χ2v) is 23.3. The maximum Gasteiger partial charge on any atom is 0.280 e. The lowest BCUT2D eigenvalue weighted by Gasteiger charge is -2.04. The minimum absolute atomic E-state index is 0.157. The molecule has 0 saturated heterocycles. The Kier molecular flexibility index (Phi) is 13.7. The lowest BCUT2D eigenvalue weighted by Crippen LogP contribution is -2.22. The van der Waals surface area contributed by atoms with Gasteiger partial charge in [-0.15, -0.1) is 11.6 Å². The van der Waals surface area contributed by atoms with Gasteiger partial charge in [-0.05, 0) is 88.2 Å². The maximum absolute atomic E-state index is 12.7. The second kappa shape index (κ2) is 22.2. The molecule has 0 unspecified atom stereocenters. The molecule has 0 spiro atoms. The van der Waals surface area contributed by atoms with Gasteiger partial charge in [0.2, 0.25) is 17.7 Å². The van der Waals surface area contributed by atoms with E-state index in [4.69, 9.17) is 25.2 Å². The Morgan fingerprint density at radius 3 is 1.17 bits per heavy atom. The Balaban J connectivity index is 0.000000104. The average molecular weight is 1200 g/mol. The van der Waals surface area contributed by atoms with E-state index in [1.165, 1.54) is 61.5 Å². The third-order valence-electron chi connectivity index (χ3n) is 17.7. The molecule has 25 heteroatoms. The highest BCUT2D eigenvalue weighted by Crippen LogP contribution is 2.64. The van der Waals surface area contributed by atoms with Gasteiger partial charge in [0.15, 0.2) is 51.0 Å². The van der Waals surface area contributed by atoms with Crippen molar-refractivity contribution in [2.24, 2.45) is 56.7 Å². The maximum atomic E-state index is 12.7. The third kappa shape index (κ3) is 10.2. The molecule has 0 bridgehead atoms. The summed E-state index contributed by atoms with van der Waals surface area (Å²) < 4.78 is 23.9. The highest BCUT2D eigenvalue weighted by molar-refractivity contribution is 6.16. The number of fused-ring (bicyclic) bond motifs is 6. The van der Waals surface area contributed by atoms with Gasteiger partial charge in [-0.25, -0.2) is 29.9 Å². The Bertz CT molecular complexity index is 4670. The van der Waals surface area contributed by atoms with Crippen LogP contribution in [0.15, 0.2) is 175 Å². The molecule has 9 atom stereocenters. The Hall–Kier alpha value is -10.4. The van der Waals surface area contributed by atoms with Crippen LogP contribution in [0.1, 0.15) is 88.9 Å². The summed E-state index contributed by atoms with van der Waals surface area (Å²) in [5.41, 5.74) is 10.5. The number of benzene rings is 3. The van der Waals surface area contributed by atoms with Crippen LogP contribution in [0.25, 0.3) is 50.2 Å². The van der Waals surface area contributed by atoms with Crippen LogP contribution in [0.2, 0.25) is 0 Å². The molecule has 3 aromatic carbocycles. The average Bonchev–Trinajstić information content (AvgIpc) is 1.72. The van der Waals surface area contributed by atoms with Gasteiger partial charge in [-0.1, -0.05) is 125 Å². The Labute approximate surface area is 504 Å². The van der Waals surface area contributed by atoms with Crippen molar-refractivity contribution in [3.8, 4) is 0 Å². The summed E-state index contributed by atoms with van der Waals surface area (Å²) in [5, 5.41) is 12.4. The van der Waals surface area contributed by atoms with Crippen molar-refractivity contribution in [3.05, 3.63) is 230 Å². The molecule has 9 aromatic heterocycles. The minimum Gasteiger partial charge on any atom is -0.338 e. The molecule has 0 aliphatic heterocycles. The first kappa shape index (κ1) is 54.3. The zero-order valence-electron chi connectivity index (χ0n) is 47.7. The number of imidazole rings is 3. The topological polar surface area (TPSA) is 286 Å². The number of rotatable bonds is 11. The summed E-state index contributed by atoms with van der Waals surface area (Å²) >= 11 is 5.68. The predicted octanol–water partition coefficient (Wildman–Crippen LogP) is 8.04. The first-order valence-corrected chi connectivity index (χ1v) is 29.5. The number of aromatic amines is 1. The molecule has 440 valence electrons. The van der Waals surface area contributed by atoms with Crippen LogP contribution in [-0.4, -0.2) is 88.1 Å². The largest absolute Gasteiger partial charge is 0.338 e. The monoisotopic (exact) mass is 1190 g/mol. The molecule has 12 aromatic rings. The van der Waals surface area contributed by atoms with E-state index in [-0.39, 0.29) is 29.8 Å². The number of hydrogen-bond donors (Lipinski definition) is 1. The van der Waals surface area contributed by atoms with Crippen molar-refractivity contribution in [2.45, 2.75) is 56.0 Å². The number of aryl methyl sites for hydroxylation is 3. The van der Waals surface area contributed by atoms with E-state index in [0.29, 0.717) is 110 Å². The molecular weight excluding hydrogens is 1140 g/mol. The van der Waals surface area contributed by atoms with Crippen LogP contribution in [-0.2, 0) is 40.1 Å². The molecule has 6 aliphatic rings. The quantitative estimate of drug-likeness (QED) is 0.120. The number of hydrogen-bond acceptors (Lipinski definition) is 18. The predicted molar refractivity (Wildman–Crippen MR) is 322 cm³/mol. The van der Waals surface area contributed by atoms with Gasteiger partial charge in [0.25, 0.3) is 16.7 Å². The van der Waals surface area contributed by atoms with Crippen LogP contribution in [0.5, 0.6) is 0 Å². The number of aromatic nitrogens is 18. The molecule has 88 heavy (non-hydrogen) atoms. The molecule has 9 heterocycles. The standard InChI is InChI=1S/2C21H18N6O2.C15H13ClN2O.C6H6N4O/c2*1-26-10-22-20-18(26)21(28)27(11-23-20)9-16-24-19(25-29-16)17-14-7-13(8-15(14)17)12-5-3-2-4-6-12;16-8-13-17-15(18-19-13)14-11-6-10(7-12(11)14)9-4-2-1-3-5-9;1-10-3-9-5-4(10)6(11)8-2-7-5/h2*2-7,10-11,14-15,17H,8-9H2,1H3;1-6,11-12,14H,7-8H2;2-3H,1H3,(H,7,8,11)/t2*14-,15+,17+;11-,12+,14+;/m100./s1. The van der Waals surface area contributed by atoms with E-state index in [1.54, 1.807) is 53.8 Å². The molecule has 6 aliphatic carbocycles. The summed E-state index contributed by atoms with van der Waals surface area (Å²) in [4.78, 5) is 76.8. The number of halogens is 1. The number of nitrogens with one attached hydrogen (secondary N) is 1. The van der Waals surface area contributed by atoms with E-state index >= 15 is 0 Å². The SMILES string of the molecule is ClCc1nc([C@@H]2[C@H]3C=C(c4ccccc4)C[C@H]32)no1.Cn1cnc2nc[nH]c(=O)c21.Cn1cnc2ncn(Cc3nc([C@@H]4[C@H]5C=C(c6ccccc6)C[C@H]54)no3)c(=O)c21.Cn1cnc2ncn(Cc3nc([C@H]4[C@@H]5C=C(c6ccccc6)C[C@@H]54)no3)c(=O)c21. The minimum atomic E-state index is -0.173. The normalized spacial score (nSPS) is 22.3. The molecular formula is C63H55ClN18O6. The fraction of sp³-hybridized carbons (Fsp3) is 0.286. The number of H-pyrrole nitrogens is 1. The highest BCUT2D eigenvalue weighted by Gasteiger charge is 2.57. The molecule has 1 N–H and O–H groups in total. The summed E-state index contributed by atoms with van der Waals surface area (Å²) in [6.07, 6.45) is 19.3. The number of alkyl halides is 1. The lowest BCUT2D eigenvalue weighted by atomic mass is 10.0. The van der Waals surface area contributed by atoms with Gasteiger partial charge in [-0.2, -0.15) is 15.0 Å². The highest BCUT2D eigenvalue weighted by atomic mass is 35.5. The van der Waals surface area contributed by atoms with Gasteiger partial charge >= 0.3 is 0 Å². The van der Waals surface area contributed by atoms with Gasteiger partial charge < -0.3 is 32.3 Å². The van der Waals surface area contributed by atoms with Gasteiger partial charge in [0, 0.05) is 38.9 Å². The van der Waals surface area contributed by atoms with E-state index in [0.717, 1.165) is 36.7 Å². The summed E-state index contributed by atoms with van der Waals surface area (Å²) in [6, 6.07) is 31.6. The molecule has 18 rings (SSSR count). The molecule has 24 nitrogen and oxygen atoms in total. The van der Waals surface area contributed by atoms with E-state index in [2.05, 4.69) is 162 Å². The molecule has 0 radical (unpaired) electrons. The zero-order valence-corrected chi connectivity index (χ0v) is 48.5. The van der Waals surface area contributed by atoms with Crippen LogP contribution in [0.3, 0.4) is 0 Å². The van der Waals surface area contributed by atoms with Gasteiger partial charge in [0.1, 0.15) is 31.6 Å². The number of allylic oxidation sites excluding steroid dienone is 6. The van der Waals surface area contributed by atoms with E-state index in [9.17, 15) is 14.4 Å². The third-order valence-corrected chi connectivity index (χ3v) is 17.9. The smallest absolute Gasteiger partial charge is 0.280 e. The Morgan fingerprint density at radius 1 is 0.466 bits per heavy atom. The van der Waals surface area contributed by atoms with Crippen molar-refractivity contribution in [1.82, 2.24) is 88.1 Å². The van der Waals surface area contributed by atoms with Crippen LogP contribution in [0, 0.1) is 35.5 Å². The first-order valence-electron chi connectivity index (χ1n) is 28.9. The molecule has 0 amide bonds. The lowest BCUT2D eigenvalue weighted by molar-refractivity contribution is 0.363. The van der Waals surface area contributed by atoms with E-state index in [1.807, 2.05) is 12.1 Å². The van der Waals surface area contributed by atoms with Gasteiger partial charge in [0.05, 0.1) is 25.3 Å². The summed E-state index contributed by atoms with van der Waals surface area (Å²) in [6.45, 7) is 0.403. The first-order chi connectivity index (χ1) is 43.0. The van der Waals surface area contributed by atoms with Crippen molar-refractivity contribution in [3.63, 3.8) is 0 Å². The molecule has 3 fully saturated rings. The fourth-order valence-corrected chi connectivity index (χ4v) is 13.2. The van der Waals surface area contributed by atoms with Gasteiger partial charge in [-0.3, -0.25) is 23.5 Å². The number of nitrogens with zero attached hydrogens (tertiary/aromatic N) is 17. The van der Waals surface area contributed by atoms with Crippen molar-refractivity contribution < 1.29 is 13.6 Å². The van der Waals surface area contributed by atoms with Crippen LogP contribution >= 0.6 is 11.6 Å². The van der Waals surface area contributed by atoms with E-state index < -0.39 is 0 Å². The zero-order chi connectivity index (χ0) is 59.7. The summed E-state index contributed by atoms with van der Waals surface area (Å²) in [5.74, 6) is 8.30. The van der Waals surface area contributed by atoms with Crippen molar-refractivity contribution in [2.75, 3.05) is 0 Å². The van der Waals surface area contributed by atoms with Crippen LogP contribution < -0.4 is 16.7 Å². The van der Waals surface area contributed by atoms with Crippen LogP contribution in [0.4, 0.5) is 0 Å². The Morgan fingerprint density at radius 2 is 0.818 bits per heavy atom. The molecule has 3 saturated carbocycles.